The minimum absolute atomic E-state index is 0.0106. The van der Waals surface area contributed by atoms with Crippen LogP contribution in [0.3, 0.4) is 0 Å². The topological polar surface area (TPSA) is 128 Å². The van der Waals surface area contributed by atoms with Gasteiger partial charge >= 0.3 is 0 Å². The van der Waals surface area contributed by atoms with Crippen molar-refractivity contribution in [3.05, 3.63) is 42.4 Å². The SMILES string of the molecule is CNc1cc(-c2cnc3n(C4CCOC[C@@H]4O)cccc2-3)nc2c(C(=O)NC3CC[C@H]3OC)cnn12. The standard InChI is InChI=1S/C25H29N7O4/c1-26-22-10-18(29-24-16(12-28-32(22)24)25(34)30-17-5-6-21(17)35-2)15-11-27-23-14(15)4-3-8-31(23)19-7-9-36-13-20(19)33/h3-4,8,10-12,17,19-21,26,33H,5-7,9,13H2,1-2H3,(H,30,34)/t17?,19?,20-,21+/m0/s1. The number of aliphatic hydroxyl groups is 1. The largest absolute Gasteiger partial charge is 0.389 e. The van der Waals surface area contributed by atoms with Crippen LogP contribution in [0, 0.1) is 0 Å². The lowest BCUT2D eigenvalue weighted by Crippen LogP contribution is -2.51. The number of rotatable bonds is 6. The Morgan fingerprint density at radius 3 is 2.89 bits per heavy atom. The monoisotopic (exact) mass is 491 g/mol. The molecule has 5 heterocycles. The fourth-order valence-corrected chi connectivity index (χ4v) is 5.17. The van der Waals surface area contributed by atoms with Crippen molar-refractivity contribution >= 4 is 17.4 Å². The maximum absolute atomic E-state index is 13.1. The molecule has 2 unspecified atom stereocenters. The van der Waals surface area contributed by atoms with Gasteiger partial charge in [-0.3, -0.25) is 4.79 Å². The molecule has 4 aliphatic rings. The molecule has 2 fully saturated rings. The summed E-state index contributed by atoms with van der Waals surface area (Å²) in [5, 5.41) is 21.1. The van der Waals surface area contributed by atoms with E-state index < -0.39 is 6.10 Å². The van der Waals surface area contributed by atoms with Gasteiger partial charge in [0.15, 0.2) is 5.65 Å². The molecule has 3 N–H and O–H groups in total. The van der Waals surface area contributed by atoms with Crippen LogP contribution >= 0.6 is 0 Å². The molecule has 0 radical (unpaired) electrons. The molecule has 188 valence electrons. The summed E-state index contributed by atoms with van der Waals surface area (Å²) in [6.07, 6.45) is 7.25. The first kappa shape index (κ1) is 22.9. The molecule has 0 bridgehead atoms. The van der Waals surface area contributed by atoms with Crippen molar-refractivity contribution in [2.45, 2.75) is 43.6 Å². The quantitative estimate of drug-likeness (QED) is 0.374. The number of aliphatic hydroxyl groups excluding tert-OH is 1. The van der Waals surface area contributed by atoms with Crippen molar-refractivity contribution in [3.8, 4) is 22.6 Å². The Labute approximate surface area is 207 Å². The van der Waals surface area contributed by atoms with E-state index in [-0.39, 0.29) is 24.1 Å². The van der Waals surface area contributed by atoms with Crippen molar-refractivity contribution < 1.29 is 19.4 Å². The number of methoxy groups -OCH3 is 1. The van der Waals surface area contributed by atoms with E-state index in [0.29, 0.717) is 42.4 Å². The molecule has 4 atom stereocenters. The Hall–Kier alpha value is -3.54. The highest BCUT2D eigenvalue weighted by Crippen LogP contribution is 2.37. The van der Waals surface area contributed by atoms with Crippen LogP contribution in [0.5, 0.6) is 0 Å². The summed E-state index contributed by atoms with van der Waals surface area (Å²) < 4.78 is 14.5. The Morgan fingerprint density at radius 1 is 1.25 bits per heavy atom. The number of amides is 1. The van der Waals surface area contributed by atoms with Gasteiger partial charge in [0.2, 0.25) is 0 Å². The smallest absolute Gasteiger partial charge is 0.257 e. The summed E-state index contributed by atoms with van der Waals surface area (Å²) in [5.74, 6) is 1.25. The number of nitrogens with one attached hydrogen (secondary N) is 2. The van der Waals surface area contributed by atoms with Crippen LogP contribution in [0.4, 0.5) is 5.82 Å². The zero-order chi connectivity index (χ0) is 24.8. The van der Waals surface area contributed by atoms with E-state index in [1.807, 2.05) is 29.0 Å². The summed E-state index contributed by atoms with van der Waals surface area (Å²) in [4.78, 5) is 22.7. The number of hydrogen-bond acceptors (Lipinski definition) is 8. The maximum Gasteiger partial charge on any atom is 0.257 e. The molecule has 1 saturated heterocycles. The summed E-state index contributed by atoms with van der Waals surface area (Å²) in [5.41, 5.74) is 3.29. The number of carbonyl (C=O) groups is 1. The third kappa shape index (κ3) is 3.71. The van der Waals surface area contributed by atoms with Crippen LogP contribution in [0.25, 0.3) is 28.3 Å². The fraction of sp³-hybridized carbons (Fsp3) is 0.440. The highest BCUT2D eigenvalue weighted by Gasteiger charge is 2.33. The Morgan fingerprint density at radius 2 is 2.14 bits per heavy atom. The molecular weight excluding hydrogens is 462 g/mol. The molecule has 2 aromatic heterocycles. The number of ether oxygens (including phenoxy) is 2. The molecule has 11 nitrogen and oxygen atoms in total. The number of hydrogen-bond donors (Lipinski definition) is 3. The van der Waals surface area contributed by atoms with E-state index in [4.69, 9.17) is 19.4 Å². The van der Waals surface area contributed by atoms with Crippen molar-refractivity contribution in [2.75, 3.05) is 32.7 Å². The van der Waals surface area contributed by atoms with E-state index >= 15 is 0 Å². The number of nitrogens with zero attached hydrogens (tertiary/aromatic N) is 5. The predicted molar refractivity (Wildman–Crippen MR) is 132 cm³/mol. The second-order valence-corrected chi connectivity index (χ2v) is 9.32. The molecule has 6 rings (SSSR count). The normalized spacial score (nSPS) is 24.1. The van der Waals surface area contributed by atoms with Gasteiger partial charge in [-0.1, -0.05) is 0 Å². The lowest BCUT2D eigenvalue weighted by atomic mass is 9.89. The highest BCUT2D eigenvalue weighted by molar-refractivity contribution is 6.00. The lowest BCUT2D eigenvalue weighted by Gasteiger charge is -2.35. The van der Waals surface area contributed by atoms with Gasteiger partial charge in [0.1, 0.15) is 17.2 Å². The van der Waals surface area contributed by atoms with Crippen LogP contribution in [0.2, 0.25) is 0 Å². The molecule has 1 aliphatic carbocycles. The molecule has 0 aromatic carbocycles. The summed E-state index contributed by atoms with van der Waals surface area (Å²) in [6, 6.07) is 5.72. The molecule has 3 aliphatic heterocycles. The predicted octanol–water partition coefficient (Wildman–Crippen LogP) is 1.97. The van der Waals surface area contributed by atoms with Gasteiger partial charge in [0, 0.05) is 50.4 Å². The van der Waals surface area contributed by atoms with Crippen LogP contribution in [0.1, 0.15) is 35.7 Å². The van der Waals surface area contributed by atoms with E-state index in [9.17, 15) is 9.90 Å². The van der Waals surface area contributed by atoms with Crippen molar-refractivity contribution in [2.24, 2.45) is 0 Å². The maximum atomic E-state index is 13.1. The van der Waals surface area contributed by atoms with Crippen molar-refractivity contribution in [3.63, 3.8) is 0 Å². The van der Waals surface area contributed by atoms with E-state index in [2.05, 4.69) is 15.7 Å². The molecule has 1 amide bonds. The van der Waals surface area contributed by atoms with Gasteiger partial charge in [-0.05, 0) is 31.4 Å². The third-order valence-electron chi connectivity index (χ3n) is 7.33. The first-order valence-corrected chi connectivity index (χ1v) is 12.2. The van der Waals surface area contributed by atoms with Crippen LogP contribution in [0.15, 0.2) is 36.8 Å². The van der Waals surface area contributed by atoms with Crippen LogP contribution in [-0.4, -0.2) is 80.8 Å². The van der Waals surface area contributed by atoms with Gasteiger partial charge in [-0.25, -0.2) is 9.97 Å². The van der Waals surface area contributed by atoms with E-state index in [0.717, 1.165) is 29.8 Å². The second-order valence-electron chi connectivity index (χ2n) is 9.32. The van der Waals surface area contributed by atoms with E-state index in [1.165, 1.54) is 0 Å². The zero-order valence-electron chi connectivity index (χ0n) is 20.2. The Bertz CT molecular complexity index is 1380. The van der Waals surface area contributed by atoms with Gasteiger partial charge in [0.25, 0.3) is 5.91 Å². The molecule has 11 heteroatoms. The first-order valence-electron chi connectivity index (χ1n) is 12.2. The van der Waals surface area contributed by atoms with Gasteiger partial charge in [-0.15, -0.1) is 0 Å². The van der Waals surface area contributed by atoms with Gasteiger partial charge in [-0.2, -0.15) is 9.61 Å². The van der Waals surface area contributed by atoms with Gasteiger partial charge in [0.05, 0.1) is 42.8 Å². The first-order chi connectivity index (χ1) is 17.6. The minimum Gasteiger partial charge on any atom is -0.389 e. The third-order valence-corrected chi connectivity index (χ3v) is 7.33. The zero-order valence-corrected chi connectivity index (χ0v) is 20.2. The average molecular weight is 492 g/mol. The molecular formula is C25H29N7O4. The summed E-state index contributed by atoms with van der Waals surface area (Å²) >= 11 is 0. The molecule has 1 saturated carbocycles. The van der Waals surface area contributed by atoms with Crippen LogP contribution in [-0.2, 0) is 9.47 Å². The Kier molecular flexibility index (Phi) is 5.82. The second kappa shape index (κ2) is 9.16. The number of anilines is 1. The summed E-state index contributed by atoms with van der Waals surface area (Å²) in [6.45, 7) is 0.907. The number of fused-ring (bicyclic) bond motifs is 2. The van der Waals surface area contributed by atoms with E-state index in [1.54, 1.807) is 31.1 Å². The average Bonchev–Trinajstić information content (AvgIpc) is 3.51. The van der Waals surface area contributed by atoms with Crippen molar-refractivity contribution in [1.29, 1.82) is 0 Å². The number of carbonyl (C=O) groups excluding carboxylic acids is 1. The minimum atomic E-state index is -0.596. The highest BCUT2D eigenvalue weighted by atomic mass is 16.5. The Balaban J connectivity index is 1.38. The summed E-state index contributed by atoms with van der Waals surface area (Å²) in [7, 11) is 3.47. The van der Waals surface area contributed by atoms with Crippen molar-refractivity contribution in [1.82, 2.24) is 29.5 Å². The lowest BCUT2D eigenvalue weighted by molar-refractivity contribution is -0.0383. The number of pyridine rings is 1. The molecule has 36 heavy (non-hydrogen) atoms. The molecule has 2 aromatic rings. The fourth-order valence-electron chi connectivity index (χ4n) is 5.17. The van der Waals surface area contributed by atoms with Crippen LogP contribution < -0.4 is 10.6 Å². The van der Waals surface area contributed by atoms with Gasteiger partial charge < -0.3 is 29.8 Å². The number of aromatic nitrogens is 5. The molecule has 0 spiro atoms.